The Balaban J connectivity index is 0.000000301. The van der Waals surface area contributed by atoms with Gasteiger partial charge in [-0.25, -0.2) is 11.4 Å². The van der Waals surface area contributed by atoms with Crippen LogP contribution in [0.1, 0.15) is 124 Å². The first-order chi connectivity index (χ1) is 23.1. The number of rotatable bonds is 8. The Morgan fingerprint density at radius 3 is 2.49 bits per heavy atom. The monoisotopic (exact) mass is 842 g/mol. The zero-order valence-corrected chi connectivity index (χ0v) is 32.9. The van der Waals surface area contributed by atoms with E-state index in [1.165, 1.54) is 30.1 Å². The van der Waals surface area contributed by atoms with Crippen molar-refractivity contribution in [3.8, 4) is 0 Å². The third kappa shape index (κ3) is 7.79. The Morgan fingerprint density at radius 2 is 1.83 bits per heavy atom. The fourth-order valence-corrected chi connectivity index (χ4v) is 9.83. The fraction of sp³-hybridized carbons (Fsp3) is 0.675. The molecule has 0 aromatic rings. The Hall–Kier alpha value is -1.53. The average molecular weight is 842 g/mol. The number of carbonyl (C=O) groups excluding carboxylic acids is 1. The van der Waals surface area contributed by atoms with E-state index in [1.54, 1.807) is 16.6 Å². The Bertz CT molecular complexity index is 1470. The van der Waals surface area contributed by atoms with Crippen molar-refractivity contribution in [2.75, 3.05) is 0 Å². The molecule has 6 rings (SSSR count). The molecule has 3 unspecified atom stereocenters. The minimum atomic E-state index is -2.20. The molecule has 0 saturated carbocycles. The molecule has 0 aromatic carbocycles. The fourth-order valence-electron chi connectivity index (χ4n) is 8.13. The van der Waals surface area contributed by atoms with Crippen LogP contribution in [0.2, 0.25) is 0 Å². The molecule has 2 aliphatic carbocycles. The van der Waals surface area contributed by atoms with Crippen molar-refractivity contribution in [1.29, 1.82) is 0 Å². The van der Waals surface area contributed by atoms with Crippen molar-refractivity contribution in [2.24, 2.45) is 39.5 Å². The van der Waals surface area contributed by atoms with E-state index in [1.807, 2.05) is 45.5 Å². The molecule has 0 bridgehead atoms. The number of aliphatic hydroxyl groups is 1. The number of carbonyl (C=O) groups is 1. The molecule has 1 radical (unpaired) electrons. The summed E-state index contributed by atoms with van der Waals surface area (Å²) < 4.78 is 29.6. The largest absolute Gasteiger partial charge is 0.642 e. The van der Waals surface area contributed by atoms with Crippen LogP contribution in [0.25, 0.3) is 5.32 Å². The molecule has 4 aliphatic heterocycles. The number of dihydropyridines is 1. The molecule has 4 heterocycles. The van der Waals surface area contributed by atoms with Crippen molar-refractivity contribution in [3.05, 3.63) is 69.2 Å². The van der Waals surface area contributed by atoms with E-state index in [0.717, 1.165) is 50.7 Å². The molecule has 6 aliphatic rings. The van der Waals surface area contributed by atoms with Crippen LogP contribution >= 0.6 is 11.8 Å². The number of aliphatic imine (C=N–C) groups is 1. The van der Waals surface area contributed by atoms with Crippen LogP contribution in [0.3, 0.4) is 0 Å². The molecule has 1 fully saturated rings. The van der Waals surface area contributed by atoms with Crippen LogP contribution in [0.15, 0.2) is 62.4 Å². The first-order valence-corrected chi connectivity index (χ1v) is 18.7. The van der Waals surface area contributed by atoms with E-state index in [9.17, 15) is 9.90 Å². The van der Waals surface area contributed by atoms with E-state index in [2.05, 4.69) is 45.2 Å². The number of hydrogen-bond acceptors (Lipinski definition) is 5. The number of ketones is 1. The molecule has 263 valence electrons. The number of hydrogen-bond donors (Lipinski definition) is 1. The zero-order chi connectivity index (χ0) is 35.9. The average Bonchev–Trinajstić information content (AvgIpc) is 3.64. The third-order valence-electron chi connectivity index (χ3n) is 11.2. The molecule has 0 amide bonds. The number of nitrogens with zero attached hydrogens (tertiary/aromatic N) is 2. The van der Waals surface area contributed by atoms with Crippen LogP contribution in [0, 0.1) is 40.9 Å². The van der Waals surface area contributed by atoms with Crippen molar-refractivity contribution < 1.29 is 38.9 Å². The first kappa shape index (κ1) is 33.9. The van der Waals surface area contributed by atoms with E-state index < -0.39 is 13.1 Å². The van der Waals surface area contributed by atoms with Crippen LogP contribution in [0.4, 0.5) is 0 Å². The number of allylic oxidation sites excluding steroid dienone is 5. The molecular formula is C40H58IrN2O3S-2. The summed E-state index contributed by atoms with van der Waals surface area (Å²) >= 11 is 1.98. The first-order valence-electron chi connectivity index (χ1n) is 19.3. The minimum Gasteiger partial charge on any atom is -0.642 e. The topological polar surface area (TPSA) is 73.0 Å². The quantitative estimate of drug-likeness (QED) is 0.150. The van der Waals surface area contributed by atoms with Crippen molar-refractivity contribution in [1.82, 2.24) is 0 Å². The van der Waals surface area contributed by atoms with Gasteiger partial charge in [0.25, 0.3) is 0 Å². The molecule has 5 atom stereocenters. The predicted molar refractivity (Wildman–Crippen MR) is 194 cm³/mol. The van der Waals surface area contributed by atoms with Crippen LogP contribution in [-0.2, 0) is 29.6 Å². The van der Waals surface area contributed by atoms with Gasteiger partial charge in [0, 0.05) is 53.8 Å². The minimum absolute atomic E-state index is 0. The van der Waals surface area contributed by atoms with Crippen LogP contribution in [-0.4, -0.2) is 34.2 Å². The normalized spacial score (nSPS) is 31.3. The maximum Gasteiger partial charge on any atom is 0.175 e. The van der Waals surface area contributed by atoms with E-state index >= 15 is 0 Å². The molecule has 5 nitrogen and oxygen atoms in total. The molecule has 1 N–H and O–H groups in total. The van der Waals surface area contributed by atoms with Gasteiger partial charge in [-0.3, -0.25) is 4.79 Å². The van der Waals surface area contributed by atoms with Gasteiger partial charge in [0.1, 0.15) is 0 Å². The van der Waals surface area contributed by atoms with Crippen molar-refractivity contribution in [3.63, 3.8) is 0 Å². The maximum absolute atomic E-state index is 11.7. The maximum atomic E-state index is 11.7. The summed E-state index contributed by atoms with van der Waals surface area (Å²) in [6.07, 6.45) is 18.3. The van der Waals surface area contributed by atoms with E-state index in [4.69, 9.17) is 14.2 Å². The van der Waals surface area contributed by atoms with Gasteiger partial charge in [-0.05, 0) is 90.9 Å². The summed E-state index contributed by atoms with van der Waals surface area (Å²) in [6.45, 7) is 15.4. The van der Waals surface area contributed by atoms with Gasteiger partial charge in [0.15, 0.2) is 12.0 Å². The Kier molecular flexibility index (Phi) is 11.2. The van der Waals surface area contributed by atoms with Gasteiger partial charge < -0.3 is 15.2 Å². The zero-order valence-electron chi connectivity index (χ0n) is 32.7. The molecule has 0 spiro atoms. The summed E-state index contributed by atoms with van der Waals surface area (Å²) in [4.78, 5) is 17.8. The predicted octanol–water partition coefficient (Wildman–Crippen LogP) is 11.0. The second-order valence-corrected chi connectivity index (χ2v) is 16.3. The summed E-state index contributed by atoms with van der Waals surface area (Å²) in [5.41, 5.74) is 4.80. The molecule has 1 saturated heterocycles. The van der Waals surface area contributed by atoms with Gasteiger partial charge in [-0.2, -0.15) is 5.57 Å². The smallest absolute Gasteiger partial charge is 0.175 e. The van der Waals surface area contributed by atoms with Gasteiger partial charge in [0.05, 0.1) is 5.76 Å². The van der Waals surface area contributed by atoms with Crippen LogP contribution < -0.4 is 0 Å². The number of fused-ring (bicyclic) bond motifs is 5. The van der Waals surface area contributed by atoms with Crippen molar-refractivity contribution in [2.45, 2.75) is 138 Å². The van der Waals surface area contributed by atoms with Gasteiger partial charge in [-0.15, -0.1) is 24.2 Å². The number of thioether (sulfide) groups is 1. The second-order valence-electron chi connectivity index (χ2n) is 15.2. The summed E-state index contributed by atoms with van der Waals surface area (Å²) in [7, 11) is 0. The standard InChI is InChI=1S/C27H34N2OS.C13H24O2.Ir/c1-15-9-10-17-16-7-6-8-18(22(16)30-24(17)28-15)20-12-11-19-21-23(31-25(19)29-20)27(4,5)14-13-26(21,2)3;1-5-10(6-2)12(14)9-13(15)11(7-3)8-4;/h8-11,16-17,20,24-25H,6-7,12-14H2,1-5H3;9-11,14H,5-8H2,1-4H3;/q-2;;/b;12-9-;/t16-,17?,20+,24?,25?;;/m0../s1/i1D3;;. The van der Waals surface area contributed by atoms with Gasteiger partial charge in [-0.1, -0.05) is 84.9 Å². The second kappa shape index (κ2) is 15.6. The summed E-state index contributed by atoms with van der Waals surface area (Å²) in [5.74, 6) is 1.94. The Morgan fingerprint density at radius 1 is 1.15 bits per heavy atom. The van der Waals surface area contributed by atoms with Crippen molar-refractivity contribution >= 4 is 23.3 Å². The number of ether oxygens (including phenoxy) is 1. The Labute approximate surface area is 307 Å². The number of aliphatic hydroxyl groups excluding tert-OH is 1. The van der Waals surface area contributed by atoms with Gasteiger partial charge >= 0.3 is 0 Å². The summed E-state index contributed by atoms with van der Waals surface area (Å²) in [5, 5.41) is 15.3. The molecule has 0 aromatic heterocycles. The molecule has 47 heavy (non-hydrogen) atoms. The van der Waals surface area contributed by atoms with E-state index in [-0.39, 0.29) is 83.3 Å². The summed E-state index contributed by atoms with van der Waals surface area (Å²) in [6, 6.07) is 0.0989. The molecule has 7 heteroatoms. The van der Waals surface area contributed by atoms with Gasteiger partial charge in [0.2, 0.25) is 0 Å². The van der Waals surface area contributed by atoms with Crippen LogP contribution in [0.5, 0.6) is 0 Å². The SMILES string of the molecule is CCC(CC)C(=O)/C=C(\O)C(CC)CC.[2H]C([2H])([2H])C1=NC2OC3=C([C@H]4CC=C5C6=C(SC5[N-]4)C(C)(C)CCC6(C)C)[CH-]CC[C@H]3C2C=C1.[Ir]. The third-order valence-corrected chi connectivity index (χ3v) is 12.8. The molecular weight excluding hydrogens is 781 g/mol. The van der Waals surface area contributed by atoms with E-state index in [0.29, 0.717) is 0 Å².